The minimum atomic E-state index is -0.543. The van der Waals surface area contributed by atoms with Crippen LogP contribution in [-0.2, 0) is 0 Å². The van der Waals surface area contributed by atoms with Gasteiger partial charge in [0.15, 0.2) is 5.75 Å². The Hall–Kier alpha value is -3.53. The van der Waals surface area contributed by atoms with Gasteiger partial charge >= 0.3 is 5.69 Å². The van der Waals surface area contributed by atoms with Crippen molar-refractivity contribution in [3.05, 3.63) is 58.8 Å². The van der Waals surface area contributed by atoms with Crippen LogP contribution in [0.4, 0.5) is 5.69 Å². The molecule has 7 nitrogen and oxygen atoms in total. The van der Waals surface area contributed by atoms with Crippen LogP contribution in [0, 0.1) is 22.5 Å². The van der Waals surface area contributed by atoms with Crippen LogP contribution in [0.15, 0.2) is 48.7 Å². The Morgan fingerprint density at radius 3 is 2.91 bits per heavy atom. The Labute approximate surface area is 131 Å². The lowest BCUT2D eigenvalue weighted by Crippen LogP contribution is -2.07. The van der Waals surface area contributed by atoms with Gasteiger partial charge in [-0.3, -0.25) is 10.1 Å². The molecule has 0 saturated heterocycles. The zero-order valence-electron chi connectivity index (χ0n) is 11.9. The molecule has 0 amide bonds. The molecule has 7 heteroatoms. The first-order valence-corrected chi connectivity index (χ1v) is 6.65. The maximum absolute atomic E-state index is 11.0. The third-order valence-corrected chi connectivity index (χ3v) is 3.08. The van der Waals surface area contributed by atoms with Gasteiger partial charge in [-0.25, -0.2) is 0 Å². The first-order valence-electron chi connectivity index (χ1n) is 6.65. The van der Waals surface area contributed by atoms with Gasteiger partial charge in [0.2, 0.25) is 5.75 Å². The minimum Gasteiger partial charge on any atom is -0.474 e. The Kier molecular flexibility index (Phi) is 3.80. The molecule has 3 rings (SSSR count). The summed E-state index contributed by atoms with van der Waals surface area (Å²) in [5, 5.41) is 16.0. The number of ether oxygens (including phenoxy) is 1. The molecule has 0 aliphatic rings. The molecule has 0 saturated carbocycles. The molecule has 0 fully saturated rings. The molecule has 0 unspecified atom stereocenters. The molecular weight excluding hydrogens is 298 g/mol. The summed E-state index contributed by atoms with van der Waals surface area (Å²) in [6.45, 7) is -0.0744. The lowest BCUT2D eigenvalue weighted by molar-refractivity contribution is -0.385. The molecule has 0 bridgehead atoms. The van der Waals surface area contributed by atoms with Crippen molar-refractivity contribution in [3.8, 4) is 23.8 Å². The molecular formula is C16H11N3O4. The van der Waals surface area contributed by atoms with Gasteiger partial charge in [-0.05, 0) is 12.1 Å². The number of nitro benzene ring substituents is 1. The molecule has 3 aromatic rings. The molecule has 23 heavy (non-hydrogen) atoms. The fourth-order valence-electron chi connectivity index (χ4n) is 2.06. The van der Waals surface area contributed by atoms with Gasteiger partial charge < -0.3 is 9.57 Å². The molecule has 0 radical (unpaired) electrons. The second-order valence-electron chi connectivity index (χ2n) is 4.55. The van der Waals surface area contributed by atoms with E-state index < -0.39 is 4.92 Å². The lowest BCUT2D eigenvalue weighted by atomic mass is 10.3. The first kappa shape index (κ1) is 14.4. The zero-order chi connectivity index (χ0) is 16.2. The fourth-order valence-corrected chi connectivity index (χ4v) is 2.06. The number of hydrogen-bond donors (Lipinski definition) is 0. The predicted molar refractivity (Wildman–Crippen MR) is 83.2 cm³/mol. The number of aromatic nitrogens is 2. The van der Waals surface area contributed by atoms with Gasteiger partial charge in [-0.2, -0.15) is 0 Å². The van der Waals surface area contributed by atoms with Gasteiger partial charge in [0, 0.05) is 17.5 Å². The highest BCUT2D eigenvalue weighted by atomic mass is 16.7. The van der Waals surface area contributed by atoms with Crippen molar-refractivity contribution in [2.75, 3.05) is 6.61 Å². The molecule has 0 N–H and O–H groups in total. The fraction of sp³-hybridized carbons (Fsp3) is 0.0625. The number of nitrogens with zero attached hydrogens (tertiary/aromatic N) is 3. The van der Waals surface area contributed by atoms with Crippen molar-refractivity contribution in [2.24, 2.45) is 0 Å². The molecule has 114 valence electrons. The van der Waals surface area contributed by atoms with E-state index in [-0.39, 0.29) is 18.0 Å². The standard InChI is InChI=1S/C16H11N3O4/c1-2-9-22-16-10-13(7-8-15(16)19(20)21)23-18-14-6-4-3-5-12(14)11-17-18/h1,3-8,10-11H,9H2. The highest BCUT2D eigenvalue weighted by Crippen LogP contribution is 2.31. The van der Waals surface area contributed by atoms with Crippen LogP contribution in [0.2, 0.25) is 0 Å². The highest BCUT2D eigenvalue weighted by molar-refractivity contribution is 5.78. The quantitative estimate of drug-likeness (QED) is 0.411. The molecule has 2 aromatic carbocycles. The number of fused-ring (bicyclic) bond motifs is 1. The van der Waals surface area contributed by atoms with Crippen LogP contribution in [0.1, 0.15) is 0 Å². The summed E-state index contributed by atoms with van der Waals surface area (Å²) < 4.78 is 5.21. The van der Waals surface area contributed by atoms with E-state index in [9.17, 15) is 10.1 Å². The number of hydrogen-bond acceptors (Lipinski definition) is 5. The van der Waals surface area contributed by atoms with E-state index in [2.05, 4.69) is 11.0 Å². The Morgan fingerprint density at radius 2 is 2.13 bits per heavy atom. The van der Waals surface area contributed by atoms with E-state index >= 15 is 0 Å². The van der Waals surface area contributed by atoms with E-state index in [1.54, 1.807) is 6.20 Å². The SMILES string of the molecule is C#CCOc1cc(On2ncc3ccccc32)ccc1[N+](=O)[O-]. The Bertz CT molecular complexity index is 911. The summed E-state index contributed by atoms with van der Waals surface area (Å²) in [5.41, 5.74) is 0.592. The molecule has 0 aliphatic heterocycles. The highest BCUT2D eigenvalue weighted by Gasteiger charge is 2.17. The molecule has 0 atom stereocenters. The predicted octanol–water partition coefficient (Wildman–Crippen LogP) is 2.80. The van der Waals surface area contributed by atoms with Crippen molar-refractivity contribution >= 4 is 16.6 Å². The monoisotopic (exact) mass is 309 g/mol. The van der Waals surface area contributed by atoms with Gasteiger partial charge in [-0.15, -0.1) is 11.5 Å². The third kappa shape index (κ3) is 2.91. The van der Waals surface area contributed by atoms with Crippen molar-refractivity contribution in [1.82, 2.24) is 9.94 Å². The van der Waals surface area contributed by atoms with Gasteiger partial charge in [0.1, 0.15) is 12.1 Å². The minimum absolute atomic E-state index is 0.0434. The molecule has 0 spiro atoms. The average Bonchev–Trinajstić information content (AvgIpc) is 2.96. The van der Waals surface area contributed by atoms with E-state index in [1.165, 1.54) is 23.0 Å². The van der Waals surface area contributed by atoms with Crippen LogP contribution in [0.3, 0.4) is 0 Å². The lowest BCUT2D eigenvalue weighted by Gasteiger charge is -2.08. The van der Waals surface area contributed by atoms with Gasteiger partial charge in [-0.1, -0.05) is 29.0 Å². The number of rotatable bonds is 5. The summed E-state index contributed by atoms with van der Waals surface area (Å²) in [7, 11) is 0. The summed E-state index contributed by atoms with van der Waals surface area (Å²) in [6.07, 6.45) is 6.79. The first-order chi connectivity index (χ1) is 11.2. The van der Waals surface area contributed by atoms with Crippen molar-refractivity contribution in [3.63, 3.8) is 0 Å². The van der Waals surface area contributed by atoms with Crippen molar-refractivity contribution in [1.29, 1.82) is 0 Å². The van der Waals surface area contributed by atoms with E-state index in [1.807, 2.05) is 24.3 Å². The second kappa shape index (κ2) is 6.07. The van der Waals surface area contributed by atoms with Crippen LogP contribution in [0.5, 0.6) is 11.5 Å². The number of nitro groups is 1. The number of para-hydroxylation sites is 1. The van der Waals surface area contributed by atoms with Crippen LogP contribution < -0.4 is 9.57 Å². The topological polar surface area (TPSA) is 79.4 Å². The second-order valence-corrected chi connectivity index (χ2v) is 4.55. The maximum Gasteiger partial charge on any atom is 0.311 e. The maximum atomic E-state index is 11.0. The summed E-state index contributed by atoms with van der Waals surface area (Å²) in [6, 6.07) is 11.7. The largest absolute Gasteiger partial charge is 0.474 e. The normalized spacial score (nSPS) is 10.2. The van der Waals surface area contributed by atoms with Crippen molar-refractivity contribution < 1.29 is 14.5 Å². The molecule has 1 heterocycles. The molecule has 1 aromatic heterocycles. The summed E-state index contributed by atoms with van der Waals surface area (Å²) >= 11 is 0. The molecule has 0 aliphatic carbocycles. The van der Waals surface area contributed by atoms with Crippen LogP contribution in [0.25, 0.3) is 10.9 Å². The van der Waals surface area contributed by atoms with E-state index in [0.717, 1.165) is 10.9 Å². The average molecular weight is 309 g/mol. The van der Waals surface area contributed by atoms with Crippen LogP contribution >= 0.6 is 0 Å². The van der Waals surface area contributed by atoms with Crippen LogP contribution in [-0.4, -0.2) is 21.5 Å². The Balaban J connectivity index is 1.94. The summed E-state index contributed by atoms with van der Waals surface area (Å²) in [4.78, 5) is 17.4. The Morgan fingerprint density at radius 1 is 1.30 bits per heavy atom. The smallest absolute Gasteiger partial charge is 0.311 e. The number of benzene rings is 2. The number of terminal acetylenes is 1. The van der Waals surface area contributed by atoms with Gasteiger partial charge in [0.05, 0.1) is 11.1 Å². The zero-order valence-corrected chi connectivity index (χ0v) is 11.9. The van der Waals surface area contributed by atoms with E-state index in [0.29, 0.717) is 5.75 Å². The third-order valence-electron chi connectivity index (χ3n) is 3.08. The van der Waals surface area contributed by atoms with E-state index in [4.69, 9.17) is 16.0 Å². The van der Waals surface area contributed by atoms with Crippen molar-refractivity contribution in [2.45, 2.75) is 0 Å². The van der Waals surface area contributed by atoms with Gasteiger partial charge in [0.25, 0.3) is 0 Å². The summed E-state index contributed by atoms with van der Waals surface area (Å²) in [5.74, 6) is 2.66.